The lowest BCUT2D eigenvalue weighted by Crippen LogP contribution is -1.96. The maximum Gasteiger partial charge on any atom is 0.269 e. The van der Waals surface area contributed by atoms with Crippen molar-refractivity contribution >= 4 is 28.2 Å². The molecule has 0 aliphatic rings. The Morgan fingerprint density at radius 1 is 1.16 bits per heavy atom. The summed E-state index contributed by atoms with van der Waals surface area (Å²) < 4.78 is 1.70. The second kappa shape index (κ2) is 4.37. The average Bonchev–Trinajstić information content (AvgIpc) is 2.84. The Hall–Kier alpha value is -2.40. The van der Waals surface area contributed by atoms with Crippen LogP contribution >= 0.6 is 11.6 Å². The molecule has 94 valence electrons. The summed E-state index contributed by atoms with van der Waals surface area (Å²) in [5.74, 6) is 0. The SMILES string of the molecule is O=[N+]([O-])c1ccc(-n2ncc3c(Cl)cccc32)cc1. The molecule has 0 unspecified atom stereocenters. The van der Waals surface area contributed by atoms with Crippen LogP contribution in [-0.4, -0.2) is 14.7 Å². The van der Waals surface area contributed by atoms with Crippen molar-refractivity contribution in [2.24, 2.45) is 0 Å². The van der Waals surface area contributed by atoms with Gasteiger partial charge in [0.15, 0.2) is 0 Å². The van der Waals surface area contributed by atoms with Crippen molar-refractivity contribution in [1.82, 2.24) is 9.78 Å². The van der Waals surface area contributed by atoms with Gasteiger partial charge < -0.3 is 0 Å². The van der Waals surface area contributed by atoms with Crippen molar-refractivity contribution < 1.29 is 4.92 Å². The molecule has 2 aromatic carbocycles. The van der Waals surface area contributed by atoms with Gasteiger partial charge in [-0.2, -0.15) is 5.10 Å². The number of hydrogen-bond acceptors (Lipinski definition) is 3. The lowest BCUT2D eigenvalue weighted by atomic mass is 10.2. The Bertz CT molecular complexity index is 765. The molecule has 0 bridgehead atoms. The number of nitrogens with zero attached hydrogens (tertiary/aromatic N) is 3. The highest BCUT2D eigenvalue weighted by Crippen LogP contribution is 2.25. The fourth-order valence-electron chi connectivity index (χ4n) is 1.94. The quantitative estimate of drug-likeness (QED) is 0.529. The second-order valence-corrected chi connectivity index (χ2v) is 4.41. The van der Waals surface area contributed by atoms with Gasteiger partial charge in [0.25, 0.3) is 5.69 Å². The number of nitro benzene ring substituents is 1. The van der Waals surface area contributed by atoms with Crippen molar-refractivity contribution in [2.75, 3.05) is 0 Å². The number of non-ortho nitro benzene ring substituents is 1. The summed E-state index contributed by atoms with van der Waals surface area (Å²) in [4.78, 5) is 10.2. The third-order valence-corrected chi connectivity index (χ3v) is 3.20. The highest BCUT2D eigenvalue weighted by atomic mass is 35.5. The van der Waals surface area contributed by atoms with E-state index in [2.05, 4.69) is 5.10 Å². The van der Waals surface area contributed by atoms with Crippen molar-refractivity contribution in [1.29, 1.82) is 0 Å². The molecule has 1 heterocycles. The number of fused-ring (bicyclic) bond motifs is 1. The van der Waals surface area contributed by atoms with Gasteiger partial charge in [0.1, 0.15) is 0 Å². The van der Waals surface area contributed by atoms with E-state index in [1.54, 1.807) is 29.1 Å². The van der Waals surface area contributed by atoms with Gasteiger partial charge in [-0.25, -0.2) is 4.68 Å². The van der Waals surface area contributed by atoms with Crippen LogP contribution in [0.3, 0.4) is 0 Å². The molecule has 5 nitrogen and oxygen atoms in total. The van der Waals surface area contributed by atoms with E-state index in [0.29, 0.717) is 5.02 Å². The van der Waals surface area contributed by atoms with Crippen molar-refractivity contribution in [3.05, 3.63) is 63.8 Å². The Kier molecular flexibility index (Phi) is 2.68. The van der Waals surface area contributed by atoms with E-state index in [4.69, 9.17) is 11.6 Å². The predicted octanol–water partition coefficient (Wildman–Crippen LogP) is 3.59. The molecule has 0 saturated carbocycles. The molecule has 0 N–H and O–H groups in total. The maximum absolute atomic E-state index is 10.6. The largest absolute Gasteiger partial charge is 0.269 e. The number of benzene rings is 2. The van der Waals surface area contributed by atoms with E-state index < -0.39 is 4.92 Å². The molecule has 0 atom stereocenters. The molecular formula is C13H8ClN3O2. The van der Waals surface area contributed by atoms with Crippen LogP contribution in [0, 0.1) is 10.1 Å². The number of aromatic nitrogens is 2. The third kappa shape index (κ3) is 1.94. The molecule has 19 heavy (non-hydrogen) atoms. The highest BCUT2D eigenvalue weighted by Gasteiger charge is 2.09. The van der Waals surface area contributed by atoms with Gasteiger partial charge in [0.2, 0.25) is 0 Å². The molecule has 0 amide bonds. The molecular weight excluding hydrogens is 266 g/mol. The minimum atomic E-state index is -0.429. The summed E-state index contributed by atoms with van der Waals surface area (Å²) in [7, 11) is 0. The van der Waals surface area contributed by atoms with Gasteiger partial charge in [-0.3, -0.25) is 10.1 Å². The normalized spacial score (nSPS) is 10.8. The highest BCUT2D eigenvalue weighted by molar-refractivity contribution is 6.35. The smallest absolute Gasteiger partial charge is 0.258 e. The van der Waals surface area contributed by atoms with Crippen molar-refractivity contribution in [2.45, 2.75) is 0 Å². The number of rotatable bonds is 2. The molecule has 0 aliphatic carbocycles. The molecule has 0 aliphatic heterocycles. The van der Waals surface area contributed by atoms with Crippen molar-refractivity contribution in [3.8, 4) is 5.69 Å². The fourth-order valence-corrected chi connectivity index (χ4v) is 2.16. The summed E-state index contributed by atoms with van der Waals surface area (Å²) >= 11 is 6.08. The predicted molar refractivity (Wildman–Crippen MR) is 72.7 cm³/mol. The molecule has 0 fully saturated rings. The first-order chi connectivity index (χ1) is 9.16. The maximum atomic E-state index is 10.6. The molecule has 3 aromatic rings. The summed E-state index contributed by atoms with van der Waals surface area (Å²) in [6.45, 7) is 0. The number of halogens is 1. The Balaban J connectivity index is 2.14. The van der Waals surface area contributed by atoms with Crippen molar-refractivity contribution in [3.63, 3.8) is 0 Å². The monoisotopic (exact) mass is 273 g/mol. The van der Waals surface area contributed by atoms with Crippen LogP contribution in [0.1, 0.15) is 0 Å². The van der Waals surface area contributed by atoms with Gasteiger partial charge in [-0.05, 0) is 24.3 Å². The number of nitro groups is 1. The summed E-state index contributed by atoms with van der Waals surface area (Å²) in [6, 6.07) is 11.8. The van der Waals surface area contributed by atoms with E-state index in [1.807, 2.05) is 12.1 Å². The lowest BCUT2D eigenvalue weighted by molar-refractivity contribution is -0.384. The minimum absolute atomic E-state index is 0.0539. The van der Waals surface area contributed by atoms with E-state index >= 15 is 0 Å². The summed E-state index contributed by atoms with van der Waals surface area (Å²) in [5, 5.41) is 16.4. The Labute approximate surface area is 113 Å². The zero-order chi connectivity index (χ0) is 13.4. The Morgan fingerprint density at radius 2 is 1.89 bits per heavy atom. The topological polar surface area (TPSA) is 61.0 Å². The molecule has 6 heteroatoms. The minimum Gasteiger partial charge on any atom is -0.258 e. The standard InChI is InChI=1S/C13H8ClN3O2/c14-12-2-1-3-13-11(12)8-15-16(13)9-4-6-10(7-5-9)17(18)19/h1-8H. The van der Waals surface area contributed by atoms with Gasteiger partial charge in [0, 0.05) is 17.5 Å². The lowest BCUT2D eigenvalue weighted by Gasteiger charge is -2.03. The van der Waals surface area contributed by atoms with Crippen LogP contribution in [0.25, 0.3) is 16.6 Å². The summed E-state index contributed by atoms with van der Waals surface area (Å²) in [6.07, 6.45) is 1.68. The first kappa shape index (κ1) is 11.7. The van der Waals surface area contributed by atoms with Crippen LogP contribution < -0.4 is 0 Å². The third-order valence-electron chi connectivity index (χ3n) is 2.87. The fraction of sp³-hybridized carbons (Fsp3) is 0. The van der Waals surface area contributed by atoms with Crippen LogP contribution in [0.5, 0.6) is 0 Å². The first-order valence-corrected chi connectivity index (χ1v) is 5.92. The first-order valence-electron chi connectivity index (χ1n) is 5.54. The van der Waals surface area contributed by atoms with Crippen LogP contribution in [-0.2, 0) is 0 Å². The Morgan fingerprint density at radius 3 is 2.58 bits per heavy atom. The zero-order valence-electron chi connectivity index (χ0n) is 9.65. The molecule has 3 rings (SSSR count). The van der Waals surface area contributed by atoms with E-state index in [1.165, 1.54) is 12.1 Å². The molecule has 1 aromatic heterocycles. The second-order valence-electron chi connectivity index (χ2n) is 4.00. The van der Waals surface area contributed by atoms with Gasteiger partial charge in [-0.1, -0.05) is 17.7 Å². The van der Waals surface area contributed by atoms with E-state index in [0.717, 1.165) is 16.6 Å². The molecule has 0 spiro atoms. The molecule has 0 saturated heterocycles. The van der Waals surface area contributed by atoms with Crippen LogP contribution in [0.15, 0.2) is 48.7 Å². The zero-order valence-corrected chi connectivity index (χ0v) is 10.4. The molecule has 0 radical (unpaired) electrons. The summed E-state index contributed by atoms with van der Waals surface area (Å²) in [5.41, 5.74) is 1.67. The van der Waals surface area contributed by atoms with Crippen LogP contribution in [0.4, 0.5) is 5.69 Å². The van der Waals surface area contributed by atoms with E-state index in [9.17, 15) is 10.1 Å². The van der Waals surface area contributed by atoms with Crippen LogP contribution in [0.2, 0.25) is 5.02 Å². The average molecular weight is 274 g/mol. The number of hydrogen-bond donors (Lipinski definition) is 0. The van der Waals surface area contributed by atoms with Gasteiger partial charge in [-0.15, -0.1) is 0 Å². The van der Waals surface area contributed by atoms with Gasteiger partial charge in [0.05, 0.1) is 27.3 Å². The van der Waals surface area contributed by atoms with E-state index in [-0.39, 0.29) is 5.69 Å². The van der Waals surface area contributed by atoms with Gasteiger partial charge >= 0.3 is 0 Å².